The van der Waals surface area contributed by atoms with E-state index in [9.17, 15) is 8.78 Å². The highest BCUT2D eigenvalue weighted by Gasteiger charge is 2.10. The van der Waals surface area contributed by atoms with Crippen LogP contribution < -0.4 is 25.3 Å². The van der Waals surface area contributed by atoms with Crippen LogP contribution in [0.25, 0.3) is 0 Å². The zero-order chi connectivity index (χ0) is 18.4. The molecule has 2 aromatic rings. The molecule has 1 heterocycles. The highest BCUT2D eigenvalue weighted by molar-refractivity contribution is 14.0. The molecule has 6 nitrogen and oxygen atoms in total. The summed E-state index contributed by atoms with van der Waals surface area (Å²) in [6.45, 7) is 1.65. The van der Waals surface area contributed by atoms with E-state index in [-0.39, 0.29) is 48.8 Å². The molecule has 27 heavy (non-hydrogen) atoms. The second kappa shape index (κ2) is 10.1. The molecule has 0 aromatic heterocycles. The molecule has 146 valence electrons. The normalized spacial score (nSPS) is 13.3. The van der Waals surface area contributed by atoms with E-state index in [1.165, 1.54) is 6.07 Å². The van der Waals surface area contributed by atoms with E-state index in [2.05, 4.69) is 10.3 Å². The Hall–Kier alpha value is -2.30. The lowest BCUT2D eigenvalue weighted by molar-refractivity contribution is 0.297. The Bertz CT molecular complexity index is 805. The van der Waals surface area contributed by atoms with Gasteiger partial charge >= 0.3 is 0 Å². The lowest BCUT2D eigenvalue weighted by Gasteiger charge is -2.11. The first-order chi connectivity index (χ1) is 12.6. The monoisotopic (exact) mass is 491 g/mol. The molecule has 0 saturated carbocycles. The lowest BCUT2D eigenvalue weighted by Crippen LogP contribution is -2.23. The minimum atomic E-state index is -0.957. The van der Waals surface area contributed by atoms with Crippen LogP contribution in [0.3, 0.4) is 0 Å². The smallest absolute Gasteiger partial charge is 0.193 e. The molecule has 0 radical (unpaired) electrons. The van der Waals surface area contributed by atoms with Crippen molar-refractivity contribution in [1.29, 1.82) is 0 Å². The summed E-state index contributed by atoms with van der Waals surface area (Å²) in [7, 11) is 0. The topological polar surface area (TPSA) is 78.1 Å². The van der Waals surface area contributed by atoms with Crippen molar-refractivity contribution in [2.45, 2.75) is 6.42 Å². The number of nitrogens with zero attached hydrogens (tertiary/aromatic N) is 1. The number of rotatable bonds is 5. The van der Waals surface area contributed by atoms with E-state index in [1.807, 2.05) is 12.1 Å². The molecule has 0 amide bonds. The van der Waals surface area contributed by atoms with Crippen LogP contribution in [0.2, 0.25) is 0 Å². The lowest BCUT2D eigenvalue weighted by atomic mass is 10.3. The number of nitrogens with one attached hydrogen (secondary N) is 1. The number of benzene rings is 2. The summed E-state index contributed by atoms with van der Waals surface area (Å²) in [6.07, 6.45) is 0.832. The maximum absolute atomic E-state index is 13.1. The predicted molar refractivity (Wildman–Crippen MR) is 109 cm³/mol. The van der Waals surface area contributed by atoms with Gasteiger partial charge in [-0.25, -0.2) is 13.8 Å². The molecule has 0 bridgehead atoms. The maximum atomic E-state index is 13.1. The van der Waals surface area contributed by atoms with E-state index >= 15 is 0 Å². The van der Waals surface area contributed by atoms with Crippen molar-refractivity contribution in [2.24, 2.45) is 10.7 Å². The van der Waals surface area contributed by atoms with Gasteiger partial charge in [0.2, 0.25) is 0 Å². The van der Waals surface area contributed by atoms with Crippen LogP contribution in [0.15, 0.2) is 41.4 Å². The van der Waals surface area contributed by atoms with Crippen LogP contribution in [-0.2, 0) is 0 Å². The molecule has 0 unspecified atom stereocenters. The molecule has 1 aliphatic rings. The van der Waals surface area contributed by atoms with Crippen LogP contribution in [0.5, 0.6) is 17.2 Å². The number of guanidine groups is 1. The second-order valence-corrected chi connectivity index (χ2v) is 5.53. The minimum Gasteiger partial charge on any atom is -0.492 e. The van der Waals surface area contributed by atoms with E-state index in [0.717, 1.165) is 24.2 Å². The van der Waals surface area contributed by atoms with Gasteiger partial charge in [-0.05, 0) is 24.3 Å². The summed E-state index contributed by atoms with van der Waals surface area (Å²) in [5.41, 5.74) is 6.56. The molecular formula is C18H20F2IN3O3. The Balaban J connectivity index is 0.00000261. The fourth-order valence-electron chi connectivity index (χ4n) is 2.32. The highest BCUT2D eigenvalue weighted by Crippen LogP contribution is 2.32. The summed E-state index contributed by atoms with van der Waals surface area (Å²) in [5, 5.41) is 2.95. The molecule has 0 fully saturated rings. The number of anilines is 1. The van der Waals surface area contributed by atoms with Gasteiger partial charge in [-0.15, -0.1) is 24.0 Å². The molecule has 3 rings (SSSR count). The van der Waals surface area contributed by atoms with Crippen LogP contribution in [0, 0.1) is 11.6 Å². The number of halogens is 3. The average Bonchev–Trinajstić information content (AvgIpc) is 2.86. The van der Waals surface area contributed by atoms with Crippen molar-refractivity contribution in [3.8, 4) is 17.2 Å². The first kappa shape index (κ1) is 21.0. The van der Waals surface area contributed by atoms with Crippen molar-refractivity contribution < 1.29 is 23.0 Å². The summed E-state index contributed by atoms with van der Waals surface area (Å²) in [5.74, 6) is -0.0899. The summed E-state index contributed by atoms with van der Waals surface area (Å²) >= 11 is 0. The largest absolute Gasteiger partial charge is 0.492 e. The molecule has 0 saturated heterocycles. The highest BCUT2D eigenvalue weighted by atomic mass is 127. The SMILES string of the molecule is I.NC(=NCCOc1ccc(F)c(F)c1)Nc1ccc2c(c1)OCCCO2. The van der Waals surface area contributed by atoms with Crippen molar-refractivity contribution in [3.05, 3.63) is 48.0 Å². The predicted octanol–water partition coefficient (Wildman–Crippen LogP) is 3.55. The number of hydrogen-bond acceptors (Lipinski definition) is 4. The third-order valence-corrected chi connectivity index (χ3v) is 3.55. The Kier molecular flexibility index (Phi) is 7.89. The Labute approximate surface area is 172 Å². The zero-order valence-electron chi connectivity index (χ0n) is 14.4. The van der Waals surface area contributed by atoms with E-state index in [1.54, 1.807) is 6.07 Å². The van der Waals surface area contributed by atoms with E-state index in [4.69, 9.17) is 19.9 Å². The summed E-state index contributed by atoms with van der Waals surface area (Å²) in [6, 6.07) is 8.75. The molecule has 2 aromatic carbocycles. The number of fused-ring (bicyclic) bond motifs is 1. The van der Waals surface area contributed by atoms with Crippen molar-refractivity contribution in [1.82, 2.24) is 0 Å². The number of aliphatic imine (C=N–C) groups is 1. The molecule has 9 heteroatoms. The van der Waals surface area contributed by atoms with Crippen LogP contribution in [-0.4, -0.2) is 32.3 Å². The summed E-state index contributed by atoms with van der Waals surface area (Å²) < 4.78 is 42.4. The van der Waals surface area contributed by atoms with Crippen molar-refractivity contribution >= 4 is 35.6 Å². The van der Waals surface area contributed by atoms with E-state index in [0.29, 0.717) is 24.7 Å². The average molecular weight is 491 g/mol. The minimum absolute atomic E-state index is 0. The molecular weight excluding hydrogens is 471 g/mol. The third-order valence-electron chi connectivity index (χ3n) is 3.55. The van der Waals surface area contributed by atoms with Gasteiger partial charge in [0.1, 0.15) is 12.4 Å². The molecule has 0 atom stereocenters. The third kappa shape index (κ3) is 6.12. The van der Waals surface area contributed by atoms with Gasteiger partial charge in [0.25, 0.3) is 0 Å². The Morgan fingerprint density at radius 2 is 1.85 bits per heavy atom. The van der Waals surface area contributed by atoms with E-state index < -0.39 is 11.6 Å². The summed E-state index contributed by atoms with van der Waals surface area (Å²) in [4.78, 5) is 4.12. The molecule has 0 aliphatic carbocycles. The number of hydrogen-bond donors (Lipinski definition) is 2. The van der Waals surface area contributed by atoms with Gasteiger partial charge in [0.05, 0.1) is 19.8 Å². The molecule has 1 aliphatic heterocycles. The van der Waals surface area contributed by atoms with Crippen LogP contribution in [0.4, 0.5) is 14.5 Å². The van der Waals surface area contributed by atoms with Gasteiger partial charge in [-0.1, -0.05) is 0 Å². The van der Waals surface area contributed by atoms with Crippen LogP contribution >= 0.6 is 24.0 Å². The molecule has 3 N–H and O–H groups in total. The van der Waals surface area contributed by atoms with Crippen LogP contribution in [0.1, 0.15) is 6.42 Å². The Morgan fingerprint density at radius 3 is 2.63 bits per heavy atom. The van der Waals surface area contributed by atoms with Crippen molar-refractivity contribution in [2.75, 3.05) is 31.7 Å². The quantitative estimate of drug-likeness (QED) is 0.290. The van der Waals surface area contributed by atoms with Gasteiger partial charge in [0, 0.05) is 24.2 Å². The van der Waals surface area contributed by atoms with Gasteiger partial charge in [-0.2, -0.15) is 0 Å². The van der Waals surface area contributed by atoms with Gasteiger partial charge in [0.15, 0.2) is 29.1 Å². The zero-order valence-corrected chi connectivity index (χ0v) is 16.7. The Morgan fingerprint density at radius 1 is 1.07 bits per heavy atom. The van der Waals surface area contributed by atoms with Gasteiger partial charge in [-0.3, -0.25) is 0 Å². The van der Waals surface area contributed by atoms with Crippen molar-refractivity contribution in [3.63, 3.8) is 0 Å². The second-order valence-electron chi connectivity index (χ2n) is 5.53. The molecule has 0 spiro atoms. The fourth-order valence-corrected chi connectivity index (χ4v) is 2.32. The first-order valence-corrected chi connectivity index (χ1v) is 8.16. The van der Waals surface area contributed by atoms with Gasteiger partial charge < -0.3 is 25.3 Å². The maximum Gasteiger partial charge on any atom is 0.193 e. The number of ether oxygens (including phenoxy) is 3. The number of nitrogens with two attached hydrogens (primary N) is 1. The standard InChI is InChI=1S/C18H19F2N3O3.HI/c19-14-4-3-13(11-15(14)20)24-9-6-22-18(21)23-12-2-5-16-17(10-12)26-8-1-7-25-16;/h2-5,10-11H,1,6-9H2,(H3,21,22,23);1H. The first-order valence-electron chi connectivity index (χ1n) is 8.16. The fraction of sp³-hybridized carbons (Fsp3) is 0.278.